The van der Waals surface area contributed by atoms with E-state index in [4.69, 9.17) is 13.9 Å². The van der Waals surface area contributed by atoms with Gasteiger partial charge in [-0.25, -0.2) is 0 Å². The highest BCUT2D eigenvalue weighted by molar-refractivity contribution is 5.97. The molecule has 1 aromatic rings. The molecule has 1 N–H and O–H groups in total. The number of nitrogens with one attached hydrogen (secondary N) is 1. The van der Waals surface area contributed by atoms with Crippen LogP contribution in [-0.2, 0) is 9.47 Å². The molecule has 1 heterocycles. The van der Waals surface area contributed by atoms with E-state index in [2.05, 4.69) is 5.32 Å². The number of hydrogen-bond acceptors (Lipinski definition) is 4. The molecule has 0 aromatic carbocycles. The summed E-state index contributed by atoms with van der Waals surface area (Å²) in [5, 5.41) is 2.84. The van der Waals surface area contributed by atoms with Crippen molar-refractivity contribution in [3.05, 3.63) is 22.6 Å². The molecule has 0 aliphatic rings. The van der Waals surface area contributed by atoms with Gasteiger partial charge in [-0.15, -0.1) is 0 Å². The van der Waals surface area contributed by atoms with Crippen LogP contribution in [0.15, 0.2) is 4.42 Å². The van der Waals surface area contributed by atoms with Gasteiger partial charge in [-0.1, -0.05) is 0 Å². The Morgan fingerprint density at radius 2 is 1.72 bits per heavy atom. The zero-order chi connectivity index (χ0) is 13.9. The maximum Gasteiger partial charge on any atom is 0.255 e. The first-order valence-electron chi connectivity index (χ1n) is 5.85. The van der Waals surface area contributed by atoms with E-state index in [0.29, 0.717) is 11.3 Å². The topological polar surface area (TPSA) is 60.7 Å². The van der Waals surface area contributed by atoms with E-state index in [1.165, 1.54) is 14.2 Å². The van der Waals surface area contributed by atoms with Gasteiger partial charge in [0.05, 0.1) is 11.6 Å². The lowest BCUT2D eigenvalue weighted by Crippen LogP contribution is -2.43. The van der Waals surface area contributed by atoms with Crippen LogP contribution in [0.5, 0.6) is 0 Å². The largest absolute Gasteiger partial charge is 0.466 e. The molecule has 1 amide bonds. The summed E-state index contributed by atoms with van der Waals surface area (Å²) in [5.74, 6) is 1.22. The molecule has 18 heavy (non-hydrogen) atoms. The number of furan rings is 1. The second kappa shape index (κ2) is 6.02. The van der Waals surface area contributed by atoms with E-state index >= 15 is 0 Å². The number of rotatable bonds is 5. The Morgan fingerprint density at radius 1 is 1.17 bits per heavy atom. The third-order valence-corrected chi connectivity index (χ3v) is 3.02. The second-order valence-corrected chi connectivity index (χ2v) is 4.32. The minimum absolute atomic E-state index is 0.173. The van der Waals surface area contributed by atoms with Gasteiger partial charge in [-0.05, 0) is 27.7 Å². The summed E-state index contributed by atoms with van der Waals surface area (Å²) in [4.78, 5) is 12.2. The predicted molar refractivity (Wildman–Crippen MR) is 67.7 cm³/mol. The Labute approximate surface area is 107 Å². The Morgan fingerprint density at radius 3 is 2.11 bits per heavy atom. The molecule has 1 aromatic heterocycles. The van der Waals surface area contributed by atoms with Crippen molar-refractivity contribution in [3.63, 3.8) is 0 Å². The number of carbonyl (C=O) groups is 1. The number of hydrogen-bond donors (Lipinski definition) is 1. The monoisotopic (exact) mass is 255 g/mol. The molecule has 0 aliphatic heterocycles. The number of methoxy groups -OCH3 is 2. The van der Waals surface area contributed by atoms with Crippen molar-refractivity contribution in [3.8, 4) is 0 Å². The molecule has 1 unspecified atom stereocenters. The molecule has 5 heteroatoms. The molecule has 0 saturated carbocycles. The van der Waals surface area contributed by atoms with Crippen LogP contribution in [0.1, 0.15) is 34.4 Å². The zero-order valence-corrected chi connectivity index (χ0v) is 11.8. The molecule has 0 saturated heterocycles. The highest BCUT2D eigenvalue weighted by Crippen LogP contribution is 2.20. The van der Waals surface area contributed by atoms with Crippen LogP contribution < -0.4 is 5.32 Å². The average molecular weight is 255 g/mol. The smallest absolute Gasteiger partial charge is 0.255 e. The van der Waals surface area contributed by atoms with Crippen molar-refractivity contribution in [2.24, 2.45) is 0 Å². The van der Waals surface area contributed by atoms with Gasteiger partial charge < -0.3 is 19.2 Å². The van der Waals surface area contributed by atoms with Gasteiger partial charge in [0.2, 0.25) is 0 Å². The average Bonchev–Trinajstić information content (AvgIpc) is 2.54. The molecule has 0 aliphatic carbocycles. The van der Waals surface area contributed by atoms with Gasteiger partial charge in [0.1, 0.15) is 11.5 Å². The molecule has 0 fully saturated rings. The van der Waals surface area contributed by atoms with Gasteiger partial charge in [0, 0.05) is 19.8 Å². The van der Waals surface area contributed by atoms with Crippen molar-refractivity contribution >= 4 is 5.91 Å². The number of ether oxygens (including phenoxy) is 2. The lowest BCUT2D eigenvalue weighted by atomic mass is 10.1. The van der Waals surface area contributed by atoms with E-state index in [-0.39, 0.29) is 11.9 Å². The van der Waals surface area contributed by atoms with E-state index < -0.39 is 6.29 Å². The molecule has 1 atom stereocenters. The zero-order valence-electron chi connectivity index (χ0n) is 11.8. The summed E-state index contributed by atoms with van der Waals surface area (Å²) in [7, 11) is 3.07. The van der Waals surface area contributed by atoms with Crippen LogP contribution in [0, 0.1) is 20.8 Å². The maximum absolute atomic E-state index is 12.2. The van der Waals surface area contributed by atoms with Crippen molar-refractivity contribution in [2.75, 3.05) is 14.2 Å². The third kappa shape index (κ3) is 2.91. The summed E-state index contributed by atoms with van der Waals surface area (Å²) < 4.78 is 15.6. The third-order valence-electron chi connectivity index (χ3n) is 3.02. The van der Waals surface area contributed by atoms with Crippen LogP contribution in [0.25, 0.3) is 0 Å². The van der Waals surface area contributed by atoms with Crippen molar-refractivity contribution in [1.29, 1.82) is 0 Å². The van der Waals surface area contributed by atoms with Crippen molar-refractivity contribution in [1.82, 2.24) is 5.32 Å². The standard InChI is InChI=1S/C13H21NO4/c1-7-9(3)18-10(4)11(7)12(15)14-8(2)13(16-5)17-6/h8,13H,1-6H3,(H,14,15). The number of aryl methyl sites for hydroxylation is 2. The van der Waals surface area contributed by atoms with Crippen molar-refractivity contribution in [2.45, 2.75) is 40.0 Å². The fourth-order valence-corrected chi connectivity index (χ4v) is 1.98. The predicted octanol–water partition coefficient (Wildman–Crippen LogP) is 1.94. The van der Waals surface area contributed by atoms with E-state index in [9.17, 15) is 4.79 Å². The minimum Gasteiger partial charge on any atom is -0.466 e. The van der Waals surface area contributed by atoms with Crippen LogP contribution in [0.2, 0.25) is 0 Å². The van der Waals surface area contributed by atoms with Crippen LogP contribution in [0.4, 0.5) is 0 Å². The number of amides is 1. The Kier molecular flexibility index (Phi) is 4.93. The summed E-state index contributed by atoms with van der Waals surface area (Å²) in [6.07, 6.45) is -0.470. The highest BCUT2D eigenvalue weighted by atomic mass is 16.7. The summed E-state index contributed by atoms with van der Waals surface area (Å²) in [5.41, 5.74) is 1.45. The van der Waals surface area contributed by atoms with Crippen LogP contribution >= 0.6 is 0 Å². The molecule has 5 nitrogen and oxygen atoms in total. The second-order valence-electron chi connectivity index (χ2n) is 4.32. The number of carbonyl (C=O) groups excluding carboxylic acids is 1. The first kappa shape index (κ1) is 14.7. The molecule has 102 valence electrons. The Balaban J connectivity index is 2.82. The molecule has 0 spiro atoms. The normalized spacial score (nSPS) is 12.8. The van der Waals surface area contributed by atoms with Crippen LogP contribution in [0.3, 0.4) is 0 Å². The minimum atomic E-state index is -0.470. The first-order valence-corrected chi connectivity index (χ1v) is 5.85. The van der Waals surface area contributed by atoms with E-state index in [0.717, 1.165) is 11.3 Å². The SMILES string of the molecule is COC(OC)C(C)NC(=O)c1c(C)oc(C)c1C. The van der Waals surface area contributed by atoms with Crippen LogP contribution in [-0.4, -0.2) is 32.5 Å². The Hall–Kier alpha value is -1.33. The fraction of sp³-hybridized carbons (Fsp3) is 0.615. The highest BCUT2D eigenvalue weighted by Gasteiger charge is 2.23. The van der Waals surface area contributed by atoms with Gasteiger partial charge in [0.25, 0.3) is 5.91 Å². The van der Waals surface area contributed by atoms with Gasteiger partial charge in [0.15, 0.2) is 6.29 Å². The van der Waals surface area contributed by atoms with Gasteiger partial charge >= 0.3 is 0 Å². The molecule has 1 rings (SSSR count). The molecular weight excluding hydrogens is 234 g/mol. The molecule has 0 radical (unpaired) electrons. The lowest BCUT2D eigenvalue weighted by Gasteiger charge is -2.22. The Bertz CT molecular complexity index is 421. The fourth-order valence-electron chi connectivity index (χ4n) is 1.98. The molecule has 0 bridgehead atoms. The van der Waals surface area contributed by atoms with Crippen molar-refractivity contribution < 1.29 is 18.7 Å². The summed E-state index contributed by atoms with van der Waals surface area (Å²) in [6, 6.07) is -0.249. The maximum atomic E-state index is 12.2. The quantitative estimate of drug-likeness (QED) is 0.817. The summed E-state index contributed by atoms with van der Waals surface area (Å²) >= 11 is 0. The first-order chi connectivity index (χ1) is 8.42. The lowest BCUT2D eigenvalue weighted by molar-refractivity contribution is -0.117. The van der Waals surface area contributed by atoms with E-state index in [1.54, 1.807) is 6.92 Å². The summed E-state index contributed by atoms with van der Waals surface area (Å²) in [6.45, 7) is 7.32. The molecular formula is C13H21NO4. The van der Waals surface area contributed by atoms with E-state index in [1.807, 2.05) is 20.8 Å². The van der Waals surface area contributed by atoms with Gasteiger partial charge in [-0.3, -0.25) is 4.79 Å². The van der Waals surface area contributed by atoms with Gasteiger partial charge in [-0.2, -0.15) is 0 Å².